The second kappa shape index (κ2) is 16.3. The van der Waals surface area contributed by atoms with Crippen molar-refractivity contribution in [3.05, 3.63) is 306 Å². The van der Waals surface area contributed by atoms with Crippen molar-refractivity contribution in [1.82, 2.24) is 13.7 Å². The molecule has 3 heterocycles. The number of aromatic nitrogens is 3. The van der Waals surface area contributed by atoms with E-state index in [1.807, 2.05) is 0 Å². The molecule has 358 valence electrons. The highest BCUT2D eigenvalue weighted by Gasteiger charge is 2.44. The van der Waals surface area contributed by atoms with Gasteiger partial charge in [-0.05, 0) is 164 Å². The molecule has 77 heavy (non-hydrogen) atoms. The van der Waals surface area contributed by atoms with E-state index in [1.165, 1.54) is 144 Å². The Hall–Kier alpha value is -9.96. The van der Waals surface area contributed by atoms with Gasteiger partial charge in [0.1, 0.15) is 0 Å². The lowest BCUT2D eigenvalue weighted by molar-refractivity contribution is 0.758. The molecule has 0 saturated carbocycles. The Labute approximate surface area is 445 Å². The molecule has 0 spiro atoms. The molecule has 0 atom stereocenters. The summed E-state index contributed by atoms with van der Waals surface area (Å²) in [4.78, 5) is 0. The van der Waals surface area contributed by atoms with E-state index in [9.17, 15) is 0 Å². The molecule has 18 rings (SSSR count). The predicted molar refractivity (Wildman–Crippen MR) is 321 cm³/mol. The summed E-state index contributed by atoms with van der Waals surface area (Å²) in [6, 6.07) is 102. The zero-order valence-corrected chi connectivity index (χ0v) is 42.0. The van der Waals surface area contributed by atoms with Gasteiger partial charge in [-0.2, -0.15) is 0 Å². The van der Waals surface area contributed by atoms with E-state index < -0.39 is 0 Å². The summed E-state index contributed by atoms with van der Waals surface area (Å²) < 4.78 is 7.26. The van der Waals surface area contributed by atoms with Gasteiger partial charge >= 0.3 is 0 Å². The maximum atomic E-state index is 2.50. The first-order valence-corrected chi connectivity index (χ1v) is 26.9. The smallest absolute Gasteiger partial charge is 0.0541 e. The van der Waals surface area contributed by atoms with Crippen molar-refractivity contribution in [1.29, 1.82) is 0 Å². The molecule has 0 N–H and O–H groups in total. The Kier molecular flexibility index (Phi) is 8.96. The number of benzene rings is 12. The first-order chi connectivity index (χ1) is 38.2. The van der Waals surface area contributed by atoms with Crippen molar-refractivity contribution in [2.24, 2.45) is 0 Å². The second-order valence-corrected chi connectivity index (χ2v) is 21.1. The third-order valence-electron chi connectivity index (χ3n) is 17.2. The van der Waals surface area contributed by atoms with Crippen molar-refractivity contribution < 1.29 is 0 Å². The van der Waals surface area contributed by atoms with Gasteiger partial charge < -0.3 is 13.7 Å². The molecule has 12 aromatic carbocycles. The average Bonchev–Trinajstić information content (AvgIpc) is 4.32. The van der Waals surface area contributed by atoms with Crippen LogP contribution in [0.2, 0.25) is 0 Å². The van der Waals surface area contributed by atoms with Crippen LogP contribution < -0.4 is 0 Å². The highest BCUT2D eigenvalue weighted by Crippen LogP contribution is 2.60. The molecule has 0 aliphatic heterocycles. The van der Waals surface area contributed by atoms with Gasteiger partial charge in [0.25, 0.3) is 0 Å². The maximum absolute atomic E-state index is 2.50. The molecule has 3 aromatic heterocycles. The van der Waals surface area contributed by atoms with E-state index in [0.29, 0.717) is 0 Å². The van der Waals surface area contributed by atoms with E-state index >= 15 is 0 Å². The van der Waals surface area contributed by atoms with Crippen molar-refractivity contribution in [2.45, 2.75) is 11.8 Å². The van der Waals surface area contributed by atoms with Crippen LogP contribution in [0.4, 0.5) is 0 Å². The molecule has 0 amide bonds. The standard InChI is InChI=1S/C74H47N3/c1-4-18-50(19-5-1)75-65-30-16-14-24-55(65)61-42-46(32-38-67(61)75)47-33-39-69-63(43-47)64-45-49(35-41-70(64)77(69)52-22-8-3-9-23-52)54-37-36-53(73-71-57-26-10-12-28-59(57)72(74(54)73)60-29-13-11-27-58(60)71)48-34-40-68-62(44-48)56-25-15-17-31-66(56)76(68)51-20-6-2-7-21-51/h1-45,71-72H. The minimum atomic E-state index is 0.0804. The van der Waals surface area contributed by atoms with Crippen molar-refractivity contribution in [2.75, 3.05) is 0 Å². The van der Waals surface area contributed by atoms with Crippen LogP contribution in [0.1, 0.15) is 45.2 Å². The highest BCUT2D eigenvalue weighted by atomic mass is 15.0. The second-order valence-electron chi connectivity index (χ2n) is 21.1. The molecule has 0 fully saturated rings. The zero-order chi connectivity index (χ0) is 50.3. The summed E-state index contributed by atoms with van der Waals surface area (Å²) in [6.07, 6.45) is 0. The Morgan fingerprint density at radius 2 is 0.481 bits per heavy atom. The van der Waals surface area contributed by atoms with Gasteiger partial charge in [0.15, 0.2) is 0 Å². The summed E-state index contributed by atoms with van der Waals surface area (Å²) >= 11 is 0. The fourth-order valence-electron chi connectivity index (χ4n) is 14.0. The molecular formula is C74H47N3. The van der Waals surface area contributed by atoms with E-state index in [2.05, 4.69) is 287 Å². The molecule has 3 nitrogen and oxygen atoms in total. The number of hydrogen-bond donors (Lipinski definition) is 0. The molecule has 3 aliphatic rings. The zero-order valence-electron chi connectivity index (χ0n) is 42.0. The summed E-state index contributed by atoms with van der Waals surface area (Å²) in [5.41, 5.74) is 26.7. The van der Waals surface area contributed by atoms with Crippen LogP contribution in [0, 0.1) is 0 Å². The van der Waals surface area contributed by atoms with Crippen LogP contribution in [-0.2, 0) is 0 Å². The SMILES string of the molecule is c1ccc(-n2c3ccccc3c3cc(-c4ccc5c(c4)c4cc(-c6ccc(-c7ccc8c(c7)c7ccccc7n8-c7ccccc7)c7c6C6c8ccccc8C7c7ccccc76)ccc4n5-c4ccccc4)ccc32)cc1. The fourth-order valence-corrected chi connectivity index (χ4v) is 14.0. The Morgan fingerprint density at radius 1 is 0.208 bits per heavy atom. The lowest BCUT2D eigenvalue weighted by Crippen LogP contribution is -2.28. The number of nitrogens with zero attached hydrogens (tertiary/aromatic N) is 3. The van der Waals surface area contributed by atoms with E-state index in [1.54, 1.807) is 0 Å². The van der Waals surface area contributed by atoms with Crippen LogP contribution in [0.5, 0.6) is 0 Å². The van der Waals surface area contributed by atoms with E-state index in [-0.39, 0.29) is 11.8 Å². The van der Waals surface area contributed by atoms with Gasteiger partial charge in [-0.15, -0.1) is 0 Å². The number of para-hydroxylation sites is 5. The van der Waals surface area contributed by atoms with Crippen molar-refractivity contribution >= 4 is 65.4 Å². The van der Waals surface area contributed by atoms with Crippen molar-refractivity contribution in [3.63, 3.8) is 0 Å². The average molecular weight is 978 g/mol. The van der Waals surface area contributed by atoms with Crippen LogP contribution >= 0.6 is 0 Å². The Morgan fingerprint density at radius 3 is 0.844 bits per heavy atom. The van der Waals surface area contributed by atoms with Crippen LogP contribution in [-0.4, -0.2) is 13.7 Å². The fraction of sp³-hybridized carbons (Fsp3) is 0.0270. The molecular weight excluding hydrogens is 931 g/mol. The summed E-state index contributed by atoms with van der Waals surface area (Å²) in [5, 5.41) is 7.51. The molecule has 0 radical (unpaired) electrons. The number of fused-ring (bicyclic) bond motifs is 9. The minimum Gasteiger partial charge on any atom is -0.309 e. The number of rotatable bonds is 6. The van der Waals surface area contributed by atoms with Gasteiger partial charge in [0.05, 0.1) is 33.1 Å². The monoisotopic (exact) mass is 977 g/mol. The van der Waals surface area contributed by atoms with Gasteiger partial charge in [-0.3, -0.25) is 0 Å². The van der Waals surface area contributed by atoms with Crippen molar-refractivity contribution in [3.8, 4) is 50.4 Å². The summed E-state index contributed by atoms with van der Waals surface area (Å²) in [6.45, 7) is 0. The highest BCUT2D eigenvalue weighted by molar-refractivity contribution is 6.14. The lowest BCUT2D eigenvalue weighted by Gasteiger charge is -2.44. The minimum absolute atomic E-state index is 0.0804. The van der Waals surface area contributed by atoms with Crippen LogP contribution in [0.15, 0.2) is 273 Å². The summed E-state index contributed by atoms with van der Waals surface area (Å²) in [5.74, 6) is 0.167. The Balaban J connectivity index is 0.888. The summed E-state index contributed by atoms with van der Waals surface area (Å²) in [7, 11) is 0. The first kappa shape index (κ1) is 42.4. The molecule has 15 aromatic rings. The Bertz CT molecular complexity index is 4870. The third-order valence-corrected chi connectivity index (χ3v) is 17.2. The molecule has 0 unspecified atom stereocenters. The molecule has 2 bridgehead atoms. The van der Waals surface area contributed by atoms with E-state index in [0.717, 1.165) is 5.69 Å². The molecule has 0 saturated heterocycles. The molecule has 3 aliphatic carbocycles. The largest absolute Gasteiger partial charge is 0.309 e. The normalized spacial score (nSPS) is 14.5. The third kappa shape index (κ3) is 6.08. The topological polar surface area (TPSA) is 14.8 Å². The van der Waals surface area contributed by atoms with Crippen LogP contribution in [0.25, 0.3) is 116 Å². The van der Waals surface area contributed by atoms with E-state index in [4.69, 9.17) is 0 Å². The first-order valence-electron chi connectivity index (χ1n) is 26.9. The maximum Gasteiger partial charge on any atom is 0.0541 e. The lowest BCUT2D eigenvalue weighted by atomic mass is 9.58. The van der Waals surface area contributed by atoms with Crippen LogP contribution in [0.3, 0.4) is 0 Å². The number of hydrogen-bond acceptors (Lipinski definition) is 0. The van der Waals surface area contributed by atoms with Gasteiger partial charge in [-0.25, -0.2) is 0 Å². The van der Waals surface area contributed by atoms with Gasteiger partial charge in [0, 0.05) is 61.2 Å². The van der Waals surface area contributed by atoms with Gasteiger partial charge in [0.2, 0.25) is 0 Å². The predicted octanol–water partition coefficient (Wildman–Crippen LogP) is 19.0. The molecule has 3 heteroatoms. The quantitative estimate of drug-likeness (QED) is 0.158. The van der Waals surface area contributed by atoms with Gasteiger partial charge in [-0.1, -0.05) is 176 Å².